The topological polar surface area (TPSA) is 94.5 Å². The van der Waals surface area contributed by atoms with E-state index in [2.05, 4.69) is 20.7 Å². The number of amides is 1. The fourth-order valence-corrected chi connectivity index (χ4v) is 2.22. The zero-order chi connectivity index (χ0) is 14.7. The van der Waals surface area contributed by atoms with Crippen LogP contribution in [0, 0.1) is 10.7 Å². The highest BCUT2D eigenvalue weighted by Gasteiger charge is 2.08. The molecular weight excluding hydrogens is 286 g/mol. The van der Waals surface area contributed by atoms with Crippen molar-refractivity contribution in [1.82, 2.24) is 15.4 Å². The van der Waals surface area contributed by atoms with Gasteiger partial charge in [0.15, 0.2) is 0 Å². The molecule has 0 saturated carbocycles. The van der Waals surface area contributed by atoms with Gasteiger partial charge in [-0.05, 0) is 54.2 Å². The van der Waals surface area contributed by atoms with Gasteiger partial charge in [-0.3, -0.25) is 4.79 Å². The standard InChI is InChI=1S/C14H9N5OS/c15-8-21-11-4-2-10(3-5-11)16-14(20)9-1-6-12-13(7-9)18-19-17-12/h1-7H,(H,16,20)(H,17,18,19). The number of thiocyanates is 1. The zero-order valence-corrected chi connectivity index (χ0v) is 11.5. The first kappa shape index (κ1) is 13.1. The Balaban J connectivity index is 1.77. The first-order valence-electron chi connectivity index (χ1n) is 6.04. The molecule has 0 bridgehead atoms. The van der Waals surface area contributed by atoms with Crippen LogP contribution in [0.5, 0.6) is 0 Å². The molecule has 0 atom stereocenters. The molecule has 6 nitrogen and oxygen atoms in total. The molecule has 21 heavy (non-hydrogen) atoms. The molecule has 3 rings (SSSR count). The monoisotopic (exact) mass is 295 g/mol. The number of hydrogen-bond donors (Lipinski definition) is 2. The van der Waals surface area contributed by atoms with Gasteiger partial charge in [0, 0.05) is 16.1 Å². The Bertz CT molecular complexity index is 834. The van der Waals surface area contributed by atoms with E-state index in [-0.39, 0.29) is 5.91 Å². The van der Waals surface area contributed by atoms with Gasteiger partial charge in [0.1, 0.15) is 16.4 Å². The van der Waals surface area contributed by atoms with Crippen molar-refractivity contribution in [2.45, 2.75) is 4.90 Å². The highest BCUT2D eigenvalue weighted by Crippen LogP contribution is 2.19. The smallest absolute Gasteiger partial charge is 0.255 e. The predicted molar refractivity (Wildman–Crippen MR) is 79.8 cm³/mol. The third-order valence-corrected chi connectivity index (χ3v) is 3.45. The summed E-state index contributed by atoms with van der Waals surface area (Å²) in [7, 11) is 0. The lowest BCUT2D eigenvalue weighted by molar-refractivity contribution is 0.102. The number of nitriles is 1. The molecule has 0 aliphatic rings. The first-order chi connectivity index (χ1) is 10.3. The molecule has 0 spiro atoms. The number of rotatable bonds is 3. The van der Waals surface area contributed by atoms with Crippen molar-refractivity contribution in [2.24, 2.45) is 0 Å². The second-order valence-electron chi connectivity index (χ2n) is 4.20. The second-order valence-corrected chi connectivity index (χ2v) is 5.06. The lowest BCUT2D eigenvalue weighted by Gasteiger charge is -2.05. The van der Waals surface area contributed by atoms with E-state index in [1.165, 1.54) is 0 Å². The van der Waals surface area contributed by atoms with Crippen molar-refractivity contribution in [2.75, 3.05) is 5.32 Å². The summed E-state index contributed by atoms with van der Waals surface area (Å²) in [5, 5.41) is 23.8. The van der Waals surface area contributed by atoms with Gasteiger partial charge in [-0.1, -0.05) is 0 Å². The number of fused-ring (bicyclic) bond motifs is 1. The third-order valence-electron chi connectivity index (χ3n) is 2.85. The van der Waals surface area contributed by atoms with Gasteiger partial charge < -0.3 is 5.32 Å². The quantitative estimate of drug-likeness (QED) is 0.572. The maximum Gasteiger partial charge on any atom is 0.255 e. The molecular formula is C14H9N5OS. The summed E-state index contributed by atoms with van der Waals surface area (Å²) < 4.78 is 0. The van der Waals surface area contributed by atoms with Gasteiger partial charge in [0.05, 0.1) is 0 Å². The zero-order valence-electron chi connectivity index (χ0n) is 10.7. The second kappa shape index (κ2) is 5.64. The Morgan fingerprint density at radius 2 is 1.90 bits per heavy atom. The van der Waals surface area contributed by atoms with Crippen LogP contribution in [0.1, 0.15) is 10.4 Å². The van der Waals surface area contributed by atoms with Crippen LogP contribution in [-0.4, -0.2) is 21.3 Å². The third kappa shape index (κ3) is 2.85. The number of benzene rings is 2. The summed E-state index contributed by atoms with van der Waals surface area (Å²) in [5.74, 6) is -0.222. The van der Waals surface area contributed by atoms with Crippen molar-refractivity contribution in [3.05, 3.63) is 48.0 Å². The lowest BCUT2D eigenvalue weighted by atomic mass is 10.2. The Kier molecular flexibility index (Phi) is 3.53. The summed E-state index contributed by atoms with van der Waals surface area (Å²) in [6.45, 7) is 0. The van der Waals surface area contributed by atoms with Gasteiger partial charge in [-0.25, -0.2) is 0 Å². The van der Waals surface area contributed by atoms with Crippen LogP contribution in [0.4, 0.5) is 5.69 Å². The van der Waals surface area contributed by atoms with Gasteiger partial charge in [0.25, 0.3) is 5.91 Å². The van der Waals surface area contributed by atoms with Gasteiger partial charge in [-0.2, -0.15) is 20.7 Å². The minimum Gasteiger partial charge on any atom is -0.322 e. The minimum absolute atomic E-state index is 0.222. The number of aromatic amines is 1. The number of hydrogen-bond acceptors (Lipinski definition) is 5. The average Bonchev–Trinajstić information content (AvgIpc) is 2.97. The molecule has 3 aromatic rings. The molecule has 0 saturated heterocycles. The van der Waals surface area contributed by atoms with Crippen LogP contribution in [0.25, 0.3) is 11.0 Å². The fraction of sp³-hybridized carbons (Fsp3) is 0. The lowest BCUT2D eigenvalue weighted by Crippen LogP contribution is -2.11. The SMILES string of the molecule is N#CSc1ccc(NC(=O)c2ccc3n[nH]nc3c2)cc1. The molecule has 1 aromatic heterocycles. The summed E-state index contributed by atoms with van der Waals surface area (Å²) in [4.78, 5) is 13.0. The van der Waals surface area contributed by atoms with Gasteiger partial charge >= 0.3 is 0 Å². The molecule has 7 heteroatoms. The predicted octanol–water partition coefficient (Wildman–Crippen LogP) is 2.78. The Labute approximate surface area is 124 Å². The normalized spacial score (nSPS) is 10.2. The Hall–Kier alpha value is -2.85. The number of carbonyl (C=O) groups excluding carboxylic acids is 1. The highest BCUT2D eigenvalue weighted by atomic mass is 32.2. The van der Waals surface area contributed by atoms with Crippen molar-refractivity contribution in [1.29, 1.82) is 5.26 Å². The summed E-state index contributed by atoms with van der Waals surface area (Å²) in [5.41, 5.74) is 2.53. The van der Waals surface area contributed by atoms with Crippen LogP contribution < -0.4 is 5.32 Å². The highest BCUT2D eigenvalue weighted by molar-refractivity contribution is 8.03. The van der Waals surface area contributed by atoms with Crippen molar-refractivity contribution < 1.29 is 4.79 Å². The molecule has 0 fully saturated rings. The van der Waals surface area contributed by atoms with Crippen molar-refractivity contribution in [3.63, 3.8) is 0 Å². The maximum atomic E-state index is 12.2. The van der Waals surface area contributed by atoms with E-state index in [1.54, 1.807) is 42.5 Å². The number of nitrogens with zero attached hydrogens (tertiary/aromatic N) is 3. The Morgan fingerprint density at radius 3 is 2.67 bits per heavy atom. The molecule has 2 N–H and O–H groups in total. The van der Waals surface area contributed by atoms with Crippen LogP contribution in [-0.2, 0) is 0 Å². The van der Waals surface area contributed by atoms with E-state index in [0.29, 0.717) is 22.3 Å². The van der Waals surface area contributed by atoms with Gasteiger partial charge in [0.2, 0.25) is 0 Å². The van der Waals surface area contributed by atoms with E-state index in [1.807, 2.05) is 5.40 Å². The van der Waals surface area contributed by atoms with E-state index < -0.39 is 0 Å². The molecule has 1 amide bonds. The van der Waals surface area contributed by atoms with Crippen molar-refractivity contribution >= 4 is 34.4 Å². The summed E-state index contributed by atoms with van der Waals surface area (Å²) in [6.07, 6.45) is 0. The summed E-state index contributed by atoms with van der Waals surface area (Å²) >= 11 is 1.08. The van der Waals surface area contributed by atoms with Crippen LogP contribution in [0.2, 0.25) is 0 Å². The number of aromatic nitrogens is 3. The molecule has 102 valence electrons. The Morgan fingerprint density at radius 1 is 1.14 bits per heavy atom. The average molecular weight is 295 g/mol. The summed E-state index contributed by atoms with van der Waals surface area (Å²) in [6, 6.07) is 12.2. The number of nitrogens with one attached hydrogen (secondary N) is 2. The number of anilines is 1. The molecule has 1 heterocycles. The van der Waals surface area contributed by atoms with Crippen LogP contribution in [0.3, 0.4) is 0 Å². The molecule has 0 aliphatic carbocycles. The van der Waals surface area contributed by atoms with E-state index in [0.717, 1.165) is 16.7 Å². The minimum atomic E-state index is -0.222. The van der Waals surface area contributed by atoms with Crippen molar-refractivity contribution in [3.8, 4) is 5.40 Å². The van der Waals surface area contributed by atoms with Crippen LogP contribution >= 0.6 is 11.8 Å². The molecule has 2 aromatic carbocycles. The molecule has 0 radical (unpaired) electrons. The number of thioether (sulfide) groups is 1. The number of carbonyl (C=O) groups is 1. The van der Waals surface area contributed by atoms with Crippen LogP contribution in [0.15, 0.2) is 47.4 Å². The maximum absolute atomic E-state index is 12.2. The first-order valence-corrected chi connectivity index (χ1v) is 6.86. The molecule has 0 unspecified atom stereocenters. The number of H-pyrrole nitrogens is 1. The van der Waals surface area contributed by atoms with Gasteiger partial charge in [-0.15, -0.1) is 0 Å². The van der Waals surface area contributed by atoms with E-state index in [4.69, 9.17) is 5.26 Å². The fourth-order valence-electron chi connectivity index (χ4n) is 1.84. The largest absolute Gasteiger partial charge is 0.322 e. The van der Waals surface area contributed by atoms with E-state index >= 15 is 0 Å². The molecule has 0 aliphatic heterocycles. The van der Waals surface area contributed by atoms with E-state index in [9.17, 15) is 4.79 Å².